The molecule has 0 bridgehead atoms. The lowest BCUT2D eigenvalue weighted by Gasteiger charge is -2.16. The van der Waals surface area contributed by atoms with Crippen molar-refractivity contribution in [3.63, 3.8) is 0 Å². The third kappa shape index (κ3) is 5.25. The molecule has 0 spiro atoms. The van der Waals surface area contributed by atoms with Gasteiger partial charge >= 0.3 is 5.97 Å². The van der Waals surface area contributed by atoms with Crippen molar-refractivity contribution in [3.05, 3.63) is 76.1 Å². The Morgan fingerprint density at radius 3 is 2.47 bits per heavy atom. The van der Waals surface area contributed by atoms with Crippen LogP contribution in [0, 0.1) is 0 Å². The van der Waals surface area contributed by atoms with E-state index in [-0.39, 0.29) is 12.0 Å². The SMILES string of the molecule is CC(C)OC(=O)c1cccc(NC(=O)c2cccc(N(C=O)c3ccc(Cl)s3)c2)c1. The van der Waals surface area contributed by atoms with Gasteiger partial charge in [-0.05, 0) is 62.4 Å². The second kappa shape index (κ2) is 9.56. The number of amides is 2. The molecule has 3 rings (SSSR count). The smallest absolute Gasteiger partial charge is 0.338 e. The molecule has 2 aromatic carbocycles. The average molecular weight is 443 g/mol. The van der Waals surface area contributed by atoms with Gasteiger partial charge in [-0.3, -0.25) is 14.5 Å². The zero-order valence-electron chi connectivity index (χ0n) is 16.3. The molecule has 0 atom stereocenters. The Hall–Kier alpha value is -3.16. The molecule has 8 heteroatoms. The second-order valence-corrected chi connectivity index (χ2v) is 8.29. The normalized spacial score (nSPS) is 10.5. The van der Waals surface area contributed by atoms with E-state index in [1.165, 1.54) is 16.2 Å². The monoisotopic (exact) mass is 442 g/mol. The Morgan fingerprint density at radius 2 is 1.80 bits per heavy atom. The predicted octanol–water partition coefficient (Wildman–Crippen LogP) is 5.51. The number of halogens is 1. The largest absolute Gasteiger partial charge is 0.459 e. The first kappa shape index (κ1) is 21.5. The van der Waals surface area contributed by atoms with Crippen molar-refractivity contribution in [3.8, 4) is 0 Å². The highest BCUT2D eigenvalue weighted by atomic mass is 35.5. The van der Waals surface area contributed by atoms with Gasteiger partial charge in [0.25, 0.3) is 5.91 Å². The van der Waals surface area contributed by atoms with E-state index in [0.29, 0.717) is 38.2 Å². The number of ether oxygens (including phenoxy) is 1. The van der Waals surface area contributed by atoms with E-state index < -0.39 is 5.97 Å². The highest BCUT2D eigenvalue weighted by molar-refractivity contribution is 7.20. The standard InChI is InChI=1S/C22H19ClN2O4S/c1-14(2)29-22(28)16-6-3-7-17(11-16)24-21(27)15-5-4-8-18(12-15)25(13-26)20-10-9-19(23)30-20/h3-14H,1-2H3,(H,24,27). The molecule has 0 radical (unpaired) electrons. The van der Waals surface area contributed by atoms with Gasteiger partial charge in [0, 0.05) is 11.3 Å². The van der Waals surface area contributed by atoms with E-state index in [4.69, 9.17) is 16.3 Å². The van der Waals surface area contributed by atoms with Crippen molar-refractivity contribution in [2.45, 2.75) is 20.0 Å². The molecule has 3 aromatic rings. The summed E-state index contributed by atoms with van der Waals surface area (Å²) in [5.41, 5.74) is 1.69. The zero-order valence-corrected chi connectivity index (χ0v) is 17.9. The lowest BCUT2D eigenvalue weighted by Crippen LogP contribution is -2.16. The number of hydrogen-bond acceptors (Lipinski definition) is 5. The molecular weight excluding hydrogens is 424 g/mol. The third-order valence-electron chi connectivity index (χ3n) is 3.99. The minimum absolute atomic E-state index is 0.238. The van der Waals surface area contributed by atoms with Gasteiger partial charge in [0.2, 0.25) is 6.41 Å². The van der Waals surface area contributed by atoms with Crippen molar-refractivity contribution in [2.75, 3.05) is 10.2 Å². The molecule has 0 aliphatic rings. The van der Waals surface area contributed by atoms with E-state index >= 15 is 0 Å². The molecule has 30 heavy (non-hydrogen) atoms. The number of anilines is 3. The number of hydrogen-bond donors (Lipinski definition) is 1. The van der Waals surface area contributed by atoms with Gasteiger partial charge in [0.1, 0.15) is 5.00 Å². The lowest BCUT2D eigenvalue weighted by molar-refractivity contribution is -0.106. The van der Waals surface area contributed by atoms with Crippen LogP contribution in [0.4, 0.5) is 16.4 Å². The van der Waals surface area contributed by atoms with E-state index in [9.17, 15) is 14.4 Å². The van der Waals surface area contributed by atoms with Crippen molar-refractivity contribution in [1.29, 1.82) is 0 Å². The molecule has 0 saturated heterocycles. The number of thiophene rings is 1. The van der Waals surface area contributed by atoms with Gasteiger partial charge in [0.05, 0.1) is 21.7 Å². The van der Waals surface area contributed by atoms with Crippen LogP contribution in [0.25, 0.3) is 0 Å². The first-order chi connectivity index (χ1) is 14.4. The number of nitrogens with one attached hydrogen (secondary N) is 1. The van der Waals surface area contributed by atoms with Crippen molar-refractivity contribution < 1.29 is 19.1 Å². The van der Waals surface area contributed by atoms with Crippen LogP contribution in [0.1, 0.15) is 34.6 Å². The van der Waals surface area contributed by atoms with Crippen molar-refractivity contribution in [2.24, 2.45) is 0 Å². The first-order valence-corrected chi connectivity index (χ1v) is 10.3. The number of benzene rings is 2. The fourth-order valence-corrected chi connectivity index (χ4v) is 3.70. The molecule has 0 aliphatic carbocycles. The summed E-state index contributed by atoms with van der Waals surface area (Å²) >= 11 is 7.22. The van der Waals surface area contributed by atoms with E-state index in [0.717, 1.165) is 0 Å². The number of carbonyl (C=O) groups is 3. The molecule has 1 N–H and O–H groups in total. The quantitative estimate of drug-likeness (QED) is 0.386. The summed E-state index contributed by atoms with van der Waals surface area (Å²) in [6, 6.07) is 16.6. The Bertz CT molecular complexity index is 1080. The van der Waals surface area contributed by atoms with E-state index in [1.54, 1.807) is 74.5 Å². The Morgan fingerprint density at radius 1 is 1.07 bits per heavy atom. The van der Waals surface area contributed by atoms with Gasteiger partial charge in [-0.15, -0.1) is 11.3 Å². The van der Waals surface area contributed by atoms with Gasteiger partial charge < -0.3 is 10.1 Å². The van der Waals surface area contributed by atoms with Crippen LogP contribution >= 0.6 is 22.9 Å². The summed E-state index contributed by atoms with van der Waals surface area (Å²) in [6.45, 7) is 3.53. The van der Waals surface area contributed by atoms with Crippen LogP contribution < -0.4 is 10.2 Å². The molecule has 0 unspecified atom stereocenters. The van der Waals surface area contributed by atoms with Crippen LogP contribution in [0.3, 0.4) is 0 Å². The van der Waals surface area contributed by atoms with Gasteiger partial charge in [-0.1, -0.05) is 23.7 Å². The van der Waals surface area contributed by atoms with Gasteiger partial charge in [0.15, 0.2) is 0 Å². The van der Waals surface area contributed by atoms with Crippen molar-refractivity contribution in [1.82, 2.24) is 0 Å². The summed E-state index contributed by atoms with van der Waals surface area (Å²) in [5, 5.41) is 3.41. The summed E-state index contributed by atoms with van der Waals surface area (Å²) in [5.74, 6) is -0.833. The molecular formula is C22H19ClN2O4S. The summed E-state index contributed by atoms with van der Waals surface area (Å²) in [6.07, 6.45) is 0.431. The highest BCUT2D eigenvalue weighted by Gasteiger charge is 2.15. The molecule has 154 valence electrons. The van der Waals surface area contributed by atoms with Crippen LogP contribution in [-0.4, -0.2) is 24.4 Å². The zero-order chi connectivity index (χ0) is 21.7. The molecule has 6 nitrogen and oxygen atoms in total. The third-order valence-corrected chi connectivity index (χ3v) is 5.22. The summed E-state index contributed by atoms with van der Waals surface area (Å²) in [4.78, 5) is 37.8. The number of rotatable bonds is 7. The van der Waals surface area contributed by atoms with Gasteiger partial charge in [-0.25, -0.2) is 4.79 Å². The first-order valence-electron chi connectivity index (χ1n) is 9.09. The minimum atomic E-state index is -0.459. The maximum Gasteiger partial charge on any atom is 0.338 e. The summed E-state index contributed by atoms with van der Waals surface area (Å²) in [7, 11) is 0. The van der Waals surface area contributed by atoms with Crippen LogP contribution in [0.2, 0.25) is 4.34 Å². The molecule has 0 saturated carbocycles. The predicted molar refractivity (Wildman–Crippen MR) is 119 cm³/mol. The van der Waals surface area contributed by atoms with Crippen LogP contribution in [0.15, 0.2) is 60.7 Å². The van der Waals surface area contributed by atoms with E-state index in [1.807, 2.05) is 0 Å². The van der Waals surface area contributed by atoms with Crippen LogP contribution in [-0.2, 0) is 9.53 Å². The Labute approximate surface area is 183 Å². The summed E-state index contributed by atoms with van der Waals surface area (Å²) < 4.78 is 5.74. The topological polar surface area (TPSA) is 75.7 Å². The highest BCUT2D eigenvalue weighted by Crippen LogP contribution is 2.33. The Balaban J connectivity index is 1.79. The molecule has 1 aromatic heterocycles. The fourth-order valence-electron chi connectivity index (χ4n) is 2.68. The maximum absolute atomic E-state index is 12.7. The second-order valence-electron chi connectivity index (χ2n) is 6.59. The van der Waals surface area contributed by atoms with Crippen molar-refractivity contribution >= 4 is 57.6 Å². The maximum atomic E-state index is 12.7. The average Bonchev–Trinajstić information content (AvgIpc) is 3.14. The lowest BCUT2D eigenvalue weighted by atomic mass is 10.1. The molecule has 0 fully saturated rings. The van der Waals surface area contributed by atoms with Gasteiger partial charge in [-0.2, -0.15) is 0 Å². The minimum Gasteiger partial charge on any atom is -0.459 e. The molecule has 2 amide bonds. The number of carbonyl (C=O) groups excluding carboxylic acids is 3. The molecule has 0 aliphatic heterocycles. The number of esters is 1. The van der Waals surface area contributed by atoms with E-state index in [2.05, 4.69) is 5.32 Å². The fraction of sp³-hybridized carbons (Fsp3) is 0.136. The number of nitrogens with zero attached hydrogens (tertiary/aromatic N) is 1. The molecule has 1 heterocycles. The Kier molecular flexibility index (Phi) is 6.87. The van der Waals surface area contributed by atoms with Crippen LogP contribution in [0.5, 0.6) is 0 Å².